The summed E-state index contributed by atoms with van der Waals surface area (Å²) < 4.78 is 6.89. The highest BCUT2D eigenvalue weighted by atomic mass is 35.5. The zero-order valence-corrected chi connectivity index (χ0v) is 11.2. The Morgan fingerprint density at radius 1 is 1.33 bits per heavy atom. The van der Waals surface area contributed by atoms with Gasteiger partial charge in [0.25, 0.3) is 0 Å². The van der Waals surface area contributed by atoms with E-state index in [0.717, 1.165) is 5.56 Å². The maximum Gasteiger partial charge on any atom is 0.355 e. The van der Waals surface area contributed by atoms with Gasteiger partial charge in [-0.1, -0.05) is 29.3 Å². The molecule has 5 heteroatoms. The van der Waals surface area contributed by atoms with E-state index in [-0.39, 0.29) is 12.6 Å². The lowest BCUT2D eigenvalue weighted by atomic mass is 10.2. The summed E-state index contributed by atoms with van der Waals surface area (Å²) in [6.07, 6.45) is 1.78. The average molecular weight is 284 g/mol. The second kappa shape index (κ2) is 5.46. The summed E-state index contributed by atoms with van der Waals surface area (Å²) >= 11 is 11.8. The Bertz CT molecular complexity index is 578. The minimum atomic E-state index is -0.381. The molecule has 0 N–H and O–H groups in total. The molecule has 0 fully saturated rings. The predicted octanol–water partition coefficient (Wildman–Crippen LogP) is 3.69. The Hall–Kier alpha value is -1.45. The van der Waals surface area contributed by atoms with Crippen molar-refractivity contribution in [2.45, 2.75) is 6.61 Å². The molecule has 0 aliphatic rings. The third-order valence-electron chi connectivity index (χ3n) is 2.53. The van der Waals surface area contributed by atoms with Gasteiger partial charge in [0.15, 0.2) is 0 Å². The lowest BCUT2D eigenvalue weighted by Gasteiger charge is -2.07. The molecular weight excluding hydrogens is 273 g/mol. The Balaban J connectivity index is 2.04. The van der Waals surface area contributed by atoms with E-state index in [9.17, 15) is 4.79 Å². The first-order chi connectivity index (χ1) is 8.58. The molecule has 0 unspecified atom stereocenters. The van der Waals surface area contributed by atoms with E-state index in [0.29, 0.717) is 15.7 Å². The molecule has 0 saturated heterocycles. The Labute approximate surface area is 115 Å². The van der Waals surface area contributed by atoms with E-state index in [1.807, 2.05) is 0 Å². The quantitative estimate of drug-likeness (QED) is 0.805. The molecule has 0 spiro atoms. The third kappa shape index (κ3) is 2.86. The highest BCUT2D eigenvalue weighted by Crippen LogP contribution is 2.21. The first-order valence-electron chi connectivity index (χ1n) is 5.30. The van der Waals surface area contributed by atoms with Crippen molar-refractivity contribution in [3.63, 3.8) is 0 Å². The summed E-state index contributed by atoms with van der Waals surface area (Å²) in [7, 11) is 1.78. The highest BCUT2D eigenvalue weighted by Gasteiger charge is 2.11. The SMILES string of the molecule is Cn1cccc1C(=O)OCc1ccc(Cl)cc1Cl. The van der Waals surface area contributed by atoms with E-state index in [4.69, 9.17) is 27.9 Å². The van der Waals surface area contributed by atoms with Gasteiger partial charge in [-0.3, -0.25) is 0 Å². The lowest BCUT2D eigenvalue weighted by molar-refractivity contribution is 0.0461. The standard InChI is InChI=1S/C13H11Cl2NO2/c1-16-6-2-3-12(16)13(17)18-8-9-4-5-10(14)7-11(9)15/h2-7H,8H2,1H3. The number of carbonyl (C=O) groups is 1. The molecule has 94 valence electrons. The minimum Gasteiger partial charge on any atom is -0.456 e. The third-order valence-corrected chi connectivity index (χ3v) is 3.11. The maximum atomic E-state index is 11.8. The maximum absolute atomic E-state index is 11.8. The van der Waals surface area contributed by atoms with Crippen molar-refractivity contribution >= 4 is 29.2 Å². The zero-order chi connectivity index (χ0) is 13.1. The molecule has 2 aromatic rings. The number of carbonyl (C=O) groups excluding carboxylic acids is 1. The van der Waals surface area contributed by atoms with Gasteiger partial charge in [0.1, 0.15) is 12.3 Å². The molecule has 3 nitrogen and oxygen atoms in total. The monoisotopic (exact) mass is 283 g/mol. The number of esters is 1. The normalized spacial score (nSPS) is 10.4. The van der Waals surface area contributed by atoms with Crippen LogP contribution in [0.1, 0.15) is 16.1 Å². The van der Waals surface area contributed by atoms with Crippen LogP contribution in [0.25, 0.3) is 0 Å². The number of ether oxygens (including phenoxy) is 1. The molecule has 1 aromatic carbocycles. The predicted molar refractivity (Wildman–Crippen MR) is 71.0 cm³/mol. The van der Waals surface area contributed by atoms with Crippen LogP contribution in [0.5, 0.6) is 0 Å². The first kappa shape index (κ1) is 13.0. The van der Waals surface area contributed by atoms with Crippen LogP contribution in [-0.4, -0.2) is 10.5 Å². The Morgan fingerprint density at radius 2 is 2.11 bits per heavy atom. The number of hydrogen-bond acceptors (Lipinski definition) is 2. The van der Waals surface area contributed by atoms with Crippen molar-refractivity contribution in [2.75, 3.05) is 0 Å². The number of hydrogen-bond donors (Lipinski definition) is 0. The van der Waals surface area contributed by atoms with E-state index in [2.05, 4.69) is 0 Å². The van der Waals surface area contributed by atoms with E-state index >= 15 is 0 Å². The first-order valence-corrected chi connectivity index (χ1v) is 6.06. The van der Waals surface area contributed by atoms with Gasteiger partial charge in [-0.2, -0.15) is 0 Å². The molecule has 0 radical (unpaired) electrons. The van der Waals surface area contributed by atoms with Gasteiger partial charge in [0, 0.05) is 28.9 Å². The molecule has 0 amide bonds. The van der Waals surface area contributed by atoms with Gasteiger partial charge < -0.3 is 9.30 Å². The lowest BCUT2D eigenvalue weighted by Crippen LogP contribution is -2.09. The van der Waals surface area contributed by atoms with Crippen LogP contribution >= 0.6 is 23.2 Å². The fourth-order valence-electron chi connectivity index (χ4n) is 1.53. The van der Waals surface area contributed by atoms with Crippen LogP contribution in [0.2, 0.25) is 10.0 Å². The van der Waals surface area contributed by atoms with Crippen LogP contribution in [-0.2, 0) is 18.4 Å². The summed E-state index contributed by atoms with van der Waals surface area (Å²) in [5, 5.41) is 1.04. The van der Waals surface area contributed by atoms with Gasteiger partial charge in [0.2, 0.25) is 0 Å². The van der Waals surface area contributed by atoms with Crippen molar-refractivity contribution in [3.8, 4) is 0 Å². The fourth-order valence-corrected chi connectivity index (χ4v) is 1.99. The molecule has 1 heterocycles. The molecular formula is C13H11Cl2NO2. The number of aromatic nitrogens is 1. The average Bonchev–Trinajstić information content (AvgIpc) is 2.74. The molecule has 0 atom stereocenters. The Kier molecular flexibility index (Phi) is 3.94. The summed E-state index contributed by atoms with van der Waals surface area (Å²) in [5.41, 5.74) is 1.23. The molecule has 1 aromatic heterocycles. The van der Waals surface area contributed by atoms with Crippen molar-refractivity contribution < 1.29 is 9.53 Å². The van der Waals surface area contributed by atoms with Crippen molar-refractivity contribution in [2.24, 2.45) is 7.05 Å². The summed E-state index contributed by atoms with van der Waals surface area (Å²) in [5.74, 6) is -0.381. The van der Waals surface area contributed by atoms with Gasteiger partial charge in [0.05, 0.1) is 0 Å². The Morgan fingerprint density at radius 3 is 2.72 bits per heavy atom. The molecule has 0 saturated carbocycles. The molecule has 2 rings (SSSR count). The summed E-state index contributed by atoms with van der Waals surface area (Å²) in [6.45, 7) is 0.125. The molecule has 0 bridgehead atoms. The summed E-state index contributed by atoms with van der Waals surface area (Å²) in [4.78, 5) is 11.8. The second-order valence-electron chi connectivity index (χ2n) is 3.82. The number of aryl methyl sites for hydroxylation is 1. The topological polar surface area (TPSA) is 31.2 Å². The number of halogens is 2. The molecule has 18 heavy (non-hydrogen) atoms. The van der Waals surface area contributed by atoms with E-state index < -0.39 is 0 Å². The van der Waals surface area contributed by atoms with Gasteiger partial charge in [-0.05, 0) is 24.3 Å². The number of rotatable bonds is 3. The van der Waals surface area contributed by atoms with E-state index in [1.165, 1.54) is 0 Å². The minimum absolute atomic E-state index is 0.125. The van der Waals surface area contributed by atoms with Gasteiger partial charge >= 0.3 is 5.97 Å². The van der Waals surface area contributed by atoms with E-state index in [1.54, 1.807) is 48.1 Å². The zero-order valence-electron chi connectivity index (χ0n) is 9.69. The van der Waals surface area contributed by atoms with Crippen molar-refractivity contribution in [3.05, 3.63) is 57.8 Å². The van der Waals surface area contributed by atoms with Crippen molar-refractivity contribution in [1.82, 2.24) is 4.57 Å². The number of nitrogens with zero attached hydrogens (tertiary/aromatic N) is 1. The summed E-state index contributed by atoms with van der Waals surface area (Å²) in [6, 6.07) is 8.55. The highest BCUT2D eigenvalue weighted by molar-refractivity contribution is 6.35. The van der Waals surface area contributed by atoms with Crippen LogP contribution in [0, 0.1) is 0 Å². The molecule has 0 aliphatic heterocycles. The van der Waals surface area contributed by atoms with Crippen LogP contribution in [0.4, 0.5) is 0 Å². The second-order valence-corrected chi connectivity index (χ2v) is 4.66. The fraction of sp³-hybridized carbons (Fsp3) is 0.154. The van der Waals surface area contributed by atoms with Crippen molar-refractivity contribution in [1.29, 1.82) is 0 Å². The van der Waals surface area contributed by atoms with Crippen LogP contribution in [0.3, 0.4) is 0 Å². The van der Waals surface area contributed by atoms with Crippen LogP contribution in [0.15, 0.2) is 36.5 Å². The number of benzene rings is 1. The van der Waals surface area contributed by atoms with Gasteiger partial charge in [-0.25, -0.2) is 4.79 Å². The largest absolute Gasteiger partial charge is 0.456 e. The smallest absolute Gasteiger partial charge is 0.355 e. The van der Waals surface area contributed by atoms with Gasteiger partial charge in [-0.15, -0.1) is 0 Å². The van der Waals surface area contributed by atoms with Crippen LogP contribution < -0.4 is 0 Å². The molecule has 0 aliphatic carbocycles.